The minimum absolute atomic E-state index is 0.00695. The Balaban J connectivity index is 1.70. The second-order valence-electron chi connectivity index (χ2n) is 6.36. The van der Waals surface area contributed by atoms with Crippen LogP contribution in [0.5, 0.6) is 0 Å². The Morgan fingerprint density at radius 3 is 2.44 bits per heavy atom. The molecule has 1 amide bonds. The molecule has 0 saturated carbocycles. The maximum atomic E-state index is 12.2. The lowest BCUT2D eigenvalue weighted by Crippen LogP contribution is -2.15. The highest BCUT2D eigenvalue weighted by atomic mass is 32.2. The van der Waals surface area contributed by atoms with Crippen molar-refractivity contribution in [1.29, 1.82) is 0 Å². The molecule has 0 atom stereocenters. The molecule has 8 heteroatoms. The van der Waals surface area contributed by atoms with Gasteiger partial charge >= 0.3 is 6.01 Å². The fourth-order valence-corrected chi connectivity index (χ4v) is 3.19. The average Bonchev–Trinajstić information content (AvgIpc) is 3.06. The molecule has 0 fully saturated rings. The summed E-state index contributed by atoms with van der Waals surface area (Å²) in [6.07, 6.45) is 1.34. The maximum Gasteiger partial charge on any atom is 0.322 e. The molecule has 0 bridgehead atoms. The number of carbonyl (C=O) groups is 1. The second kappa shape index (κ2) is 7.32. The van der Waals surface area contributed by atoms with Gasteiger partial charge in [0.1, 0.15) is 0 Å². The van der Waals surface area contributed by atoms with E-state index in [0.29, 0.717) is 5.56 Å². The molecular formula is C19H19N3O4S. The summed E-state index contributed by atoms with van der Waals surface area (Å²) in [5.74, 6) is -0.0663. The van der Waals surface area contributed by atoms with Gasteiger partial charge in [0.15, 0.2) is 9.84 Å². The molecule has 0 aliphatic rings. The van der Waals surface area contributed by atoms with Gasteiger partial charge in [0, 0.05) is 11.8 Å². The average molecular weight is 385 g/mol. The third kappa shape index (κ3) is 4.59. The van der Waals surface area contributed by atoms with Crippen molar-refractivity contribution in [1.82, 2.24) is 10.2 Å². The highest BCUT2D eigenvalue weighted by Crippen LogP contribution is 2.22. The van der Waals surface area contributed by atoms with Gasteiger partial charge in [-0.05, 0) is 49.2 Å². The Hall–Kier alpha value is -3.00. The summed E-state index contributed by atoms with van der Waals surface area (Å²) in [6, 6.07) is 12.0. The summed E-state index contributed by atoms with van der Waals surface area (Å²) < 4.78 is 28.5. The van der Waals surface area contributed by atoms with Crippen molar-refractivity contribution in [2.24, 2.45) is 0 Å². The highest BCUT2D eigenvalue weighted by molar-refractivity contribution is 7.90. The largest absolute Gasteiger partial charge is 0.403 e. The third-order valence-corrected chi connectivity index (χ3v) is 5.18. The molecule has 2 aromatic carbocycles. The quantitative estimate of drug-likeness (QED) is 0.724. The fourth-order valence-electron chi connectivity index (χ4n) is 2.56. The molecule has 1 aromatic heterocycles. The second-order valence-corrected chi connectivity index (χ2v) is 8.38. The van der Waals surface area contributed by atoms with Gasteiger partial charge < -0.3 is 4.42 Å². The maximum absolute atomic E-state index is 12.2. The molecule has 3 aromatic rings. The van der Waals surface area contributed by atoms with E-state index in [2.05, 4.69) is 15.5 Å². The van der Waals surface area contributed by atoms with E-state index >= 15 is 0 Å². The van der Waals surface area contributed by atoms with E-state index in [1.54, 1.807) is 12.1 Å². The van der Waals surface area contributed by atoms with Gasteiger partial charge in [-0.2, -0.15) is 0 Å². The van der Waals surface area contributed by atoms with E-state index < -0.39 is 9.84 Å². The summed E-state index contributed by atoms with van der Waals surface area (Å²) in [6.45, 7) is 3.92. The molecular weight excluding hydrogens is 366 g/mol. The van der Waals surface area contributed by atoms with Gasteiger partial charge in [0.25, 0.3) is 0 Å². The third-order valence-electron chi connectivity index (χ3n) is 4.06. The zero-order chi connectivity index (χ0) is 19.6. The zero-order valence-electron chi connectivity index (χ0n) is 15.2. The lowest BCUT2D eigenvalue weighted by atomic mass is 10.0. The number of hydrogen-bond donors (Lipinski definition) is 1. The van der Waals surface area contributed by atoms with Crippen molar-refractivity contribution in [3.63, 3.8) is 0 Å². The van der Waals surface area contributed by atoms with Gasteiger partial charge in [-0.25, -0.2) is 8.42 Å². The number of amides is 1. The number of carbonyl (C=O) groups excluding carboxylic acids is 1. The molecule has 0 saturated heterocycles. The molecule has 1 N–H and O–H groups in total. The van der Waals surface area contributed by atoms with E-state index in [1.807, 2.05) is 32.0 Å². The van der Waals surface area contributed by atoms with Crippen LogP contribution in [0.1, 0.15) is 16.7 Å². The predicted molar refractivity (Wildman–Crippen MR) is 101 cm³/mol. The smallest absolute Gasteiger partial charge is 0.322 e. The van der Waals surface area contributed by atoms with Crippen molar-refractivity contribution < 1.29 is 17.6 Å². The van der Waals surface area contributed by atoms with Crippen LogP contribution in [0.25, 0.3) is 11.5 Å². The van der Waals surface area contributed by atoms with Crippen molar-refractivity contribution >= 4 is 21.8 Å². The molecule has 0 radical (unpaired) electrons. The van der Waals surface area contributed by atoms with Gasteiger partial charge in [-0.3, -0.25) is 10.1 Å². The number of sulfone groups is 1. The summed E-state index contributed by atoms with van der Waals surface area (Å²) >= 11 is 0. The summed E-state index contributed by atoms with van der Waals surface area (Å²) in [5.41, 5.74) is 3.61. The molecule has 140 valence electrons. The van der Waals surface area contributed by atoms with Crippen LogP contribution in [0, 0.1) is 13.8 Å². The molecule has 1 heterocycles. The molecule has 3 rings (SSSR count). The van der Waals surface area contributed by atoms with E-state index in [1.165, 1.54) is 12.1 Å². The molecule has 0 unspecified atom stereocenters. The normalized spacial score (nSPS) is 11.4. The number of nitrogens with zero attached hydrogens (tertiary/aromatic N) is 2. The minimum atomic E-state index is -3.27. The highest BCUT2D eigenvalue weighted by Gasteiger charge is 2.14. The first-order valence-electron chi connectivity index (χ1n) is 8.22. The standard InChI is InChI=1S/C19H19N3O4S/c1-12-4-5-13(2)15(10-12)11-17(23)20-19-22-21-18(26-19)14-6-8-16(9-7-14)27(3,24)25/h4-10H,11H2,1-3H3,(H,20,22,23). The number of aromatic nitrogens is 2. The number of anilines is 1. The zero-order valence-corrected chi connectivity index (χ0v) is 16.0. The summed E-state index contributed by atoms with van der Waals surface area (Å²) in [5, 5.41) is 10.3. The van der Waals surface area contributed by atoms with Gasteiger partial charge in [-0.15, -0.1) is 5.10 Å². The van der Waals surface area contributed by atoms with Crippen molar-refractivity contribution in [2.45, 2.75) is 25.2 Å². The SMILES string of the molecule is Cc1ccc(C)c(CC(=O)Nc2nnc(-c3ccc(S(C)(=O)=O)cc3)o2)c1. The predicted octanol–water partition coefficient (Wildman–Crippen LogP) is 2.94. The Morgan fingerprint density at radius 1 is 1.07 bits per heavy atom. The van der Waals surface area contributed by atoms with E-state index in [4.69, 9.17) is 4.42 Å². The Labute approximate surface area is 157 Å². The first-order valence-corrected chi connectivity index (χ1v) is 10.1. The summed E-state index contributed by atoms with van der Waals surface area (Å²) in [7, 11) is -3.27. The first kappa shape index (κ1) is 18.8. The molecule has 0 spiro atoms. The monoisotopic (exact) mass is 385 g/mol. The van der Waals surface area contributed by atoms with Crippen LogP contribution < -0.4 is 5.32 Å². The van der Waals surface area contributed by atoms with Crippen molar-refractivity contribution in [2.75, 3.05) is 11.6 Å². The fraction of sp³-hybridized carbons (Fsp3) is 0.211. The van der Waals surface area contributed by atoms with Gasteiger partial charge in [-0.1, -0.05) is 28.9 Å². The number of hydrogen-bond acceptors (Lipinski definition) is 6. The summed E-state index contributed by atoms with van der Waals surface area (Å²) in [4.78, 5) is 12.4. The minimum Gasteiger partial charge on any atom is -0.403 e. The lowest BCUT2D eigenvalue weighted by Gasteiger charge is -2.06. The number of nitrogens with one attached hydrogen (secondary N) is 1. The van der Waals surface area contributed by atoms with Crippen LogP contribution in [-0.4, -0.2) is 30.8 Å². The topological polar surface area (TPSA) is 102 Å². The Morgan fingerprint density at radius 2 is 1.78 bits per heavy atom. The lowest BCUT2D eigenvalue weighted by molar-refractivity contribution is -0.115. The van der Waals surface area contributed by atoms with Crippen LogP contribution in [0.15, 0.2) is 51.8 Å². The van der Waals surface area contributed by atoms with E-state index in [9.17, 15) is 13.2 Å². The van der Waals surface area contributed by atoms with E-state index in [0.717, 1.165) is 22.9 Å². The molecule has 7 nitrogen and oxygen atoms in total. The Kier molecular flexibility index (Phi) is 5.09. The Bertz CT molecular complexity index is 1090. The van der Waals surface area contributed by atoms with Crippen molar-refractivity contribution in [3.05, 3.63) is 59.2 Å². The number of benzene rings is 2. The van der Waals surface area contributed by atoms with Crippen LogP contribution in [0.4, 0.5) is 6.01 Å². The van der Waals surface area contributed by atoms with Crippen LogP contribution in [0.2, 0.25) is 0 Å². The first-order chi connectivity index (χ1) is 12.7. The molecule has 27 heavy (non-hydrogen) atoms. The van der Waals surface area contributed by atoms with Crippen LogP contribution in [-0.2, 0) is 21.1 Å². The van der Waals surface area contributed by atoms with Crippen LogP contribution in [0.3, 0.4) is 0 Å². The number of rotatable bonds is 5. The molecule has 0 aliphatic heterocycles. The van der Waals surface area contributed by atoms with Gasteiger partial charge in [0.05, 0.1) is 11.3 Å². The van der Waals surface area contributed by atoms with Crippen LogP contribution >= 0.6 is 0 Å². The van der Waals surface area contributed by atoms with Crippen molar-refractivity contribution in [3.8, 4) is 11.5 Å². The number of aryl methyl sites for hydroxylation is 2. The van der Waals surface area contributed by atoms with E-state index in [-0.39, 0.29) is 29.1 Å². The van der Waals surface area contributed by atoms with Gasteiger partial charge in [0.2, 0.25) is 11.8 Å². The molecule has 0 aliphatic carbocycles.